The standard InChI is InChI=1S/C8H13NO3/c1-6(2)12-8(11)9-4-3-7(10)5-9/h7,10H,1,3-5H2,2H3. The number of aliphatic hydroxyl groups excluding tert-OH is 1. The van der Waals surface area contributed by atoms with Crippen molar-refractivity contribution in [2.45, 2.75) is 19.4 Å². The number of likely N-dealkylation sites (tertiary alicyclic amines) is 1. The largest absolute Gasteiger partial charge is 0.416 e. The van der Waals surface area contributed by atoms with E-state index < -0.39 is 12.2 Å². The van der Waals surface area contributed by atoms with Gasteiger partial charge in [0.25, 0.3) is 0 Å². The Balaban J connectivity index is 2.38. The van der Waals surface area contributed by atoms with Crippen LogP contribution in [-0.4, -0.2) is 35.3 Å². The molecule has 68 valence electrons. The summed E-state index contributed by atoms with van der Waals surface area (Å²) in [6.45, 7) is 6.00. The molecule has 1 N–H and O–H groups in total. The normalized spacial score (nSPS) is 22.5. The lowest BCUT2D eigenvalue weighted by molar-refractivity contribution is 0.127. The van der Waals surface area contributed by atoms with Gasteiger partial charge in [0, 0.05) is 13.1 Å². The molecule has 0 bridgehead atoms. The van der Waals surface area contributed by atoms with Crippen LogP contribution in [0, 0.1) is 0 Å². The molecule has 4 nitrogen and oxygen atoms in total. The van der Waals surface area contributed by atoms with Crippen LogP contribution in [0.15, 0.2) is 12.3 Å². The number of allylic oxidation sites excluding steroid dienone is 1. The summed E-state index contributed by atoms with van der Waals surface area (Å²) >= 11 is 0. The highest BCUT2D eigenvalue weighted by molar-refractivity contribution is 5.69. The summed E-state index contributed by atoms with van der Waals surface area (Å²) in [5.74, 6) is 0.376. The summed E-state index contributed by atoms with van der Waals surface area (Å²) < 4.78 is 4.76. The molecule has 1 saturated heterocycles. The van der Waals surface area contributed by atoms with Gasteiger partial charge >= 0.3 is 6.09 Å². The molecular weight excluding hydrogens is 158 g/mol. The first kappa shape index (κ1) is 9.06. The molecule has 1 aliphatic heterocycles. The zero-order chi connectivity index (χ0) is 9.14. The second kappa shape index (κ2) is 3.58. The molecule has 0 aromatic carbocycles. The van der Waals surface area contributed by atoms with Crippen molar-refractivity contribution in [2.75, 3.05) is 13.1 Å². The molecule has 1 aliphatic rings. The molecule has 1 fully saturated rings. The minimum absolute atomic E-state index is 0.367. The van der Waals surface area contributed by atoms with E-state index in [0.717, 1.165) is 0 Å². The molecule has 1 atom stereocenters. The Labute approximate surface area is 71.4 Å². The van der Waals surface area contributed by atoms with Crippen LogP contribution in [0.4, 0.5) is 4.79 Å². The average molecular weight is 171 g/mol. The molecule has 4 heteroatoms. The van der Waals surface area contributed by atoms with Crippen molar-refractivity contribution in [1.29, 1.82) is 0 Å². The second-order valence-electron chi connectivity index (χ2n) is 2.96. The van der Waals surface area contributed by atoms with Gasteiger partial charge in [-0.2, -0.15) is 0 Å². The molecule has 1 rings (SSSR count). The lowest BCUT2D eigenvalue weighted by Crippen LogP contribution is -2.29. The fraction of sp³-hybridized carbons (Fsp3) is 0.625. The average Bonchev–Trinajstić information content (AvgIpc) is 2.34. The molecule has 0 aromatic rings. The van der Waals surface area contributed by atoms with Crippen LogP contribution < -0.4 is 0 Å². The van der Waals surface area contributed by atoms with Crippen molar-refractivity contribution in [3.63, 3.8) is 0 Å². The molecular formula is C8H13NO3. The van der Waals surface area contributed by atoms with Gasteiger partial charge < -0.3 is 14.7 Å². The number of carbonyl (C=O) groups excluding carboxylic acids is 1. The first-order valence-electron chi connectivity index (χ1n) is 3.90. The van der Waals surface area contributed by atoms with Crippen molar-refractivity contribution in [2.24, 2.45) is 0 Å². The van der Waals surface area contributed by atoms with E-state index >= 15 is 0 Å². The molecule has 1 heterocycles. The van der Waals surface area contributed by atoms with E-state index in [9.17, 15) is 4.79 Å². The first-order chi connectivity index (χ1) is 5.59. The van der Waals surface area contributed by atoms with E-state index in [0.29, 0.717) is 25.3 Å². The van der Waals surface area contributed by atoms with E-state index in [1.165, 1.54) is 4.90 Å². The van der Waals surface area contributed by atoms with Crippen LogP contribution >= 0.6 is 0 Å². The number of rotatable bonds is 1. The summed E-state index contributed by atoms with van der Waals surface area (Å²) in [6.07, 6.45) is -0.188. The first-order valence-corrected chi connectivity index (χ1v) is 3.90. The van der Waals surface area contributed by atoms with Gasteiger partial charge in [0.2, 0.25) is 0 Å². The molecule has 0 aliphatic carbocycles. The molecule has 1 amide bonds. The predicted octanol–water partition coefficient (Wildman–Crippen LogP) is 0.723. The Bertz CT molecular complexity index is 202. The maximum absolute atomic E-state index is 11.1. The van der Waals surface area contributed by atoms with Crippen LogP contribution in [0.2, 0.25) is 0 Å². The minimum atomic E-state index is -0.418. The highest BCUT2D eigenvalue weighted by Gasteiger charge is 2.25. The van der Waals surface area contributed by atoms with Crippen LogP contribution in [0.5, 0.6) is 0 Å². The molecule has 1 unspecified atom stereocenters. The second-order valence-corrected chi connectivity index (χ2v) is 2.96. The van der Waals surface area contributed by atoms with Crippen molar-refractivity contribution in [3.05, 3.63) is 12.3 Å². The fourth-order valence-electron chi connectivity index (χ4n) is 1.12. The number of hydrogen-bond donors (Lipinski definition) is 1. The van der Waals surface area contributed by atoms with Crippen molar-refractivity contribution in [3.8, 4) is 0 Å². The number of ether oxygens (including phenoxy) is 1. The van der Waals surface area contributed by atoms with E-state index in [2.05, 4.69) is 6.58 Å². The Hall–Kier alpha value is -1.03. The van der Waals surface area contributed by atoms with E-state index in [1.54, 1.807) is 6.92 Å². The quantitative estimate of drug-likeness (QED) is 0.591. The van der Waals surface area contributed by atoms with Crippen LogP contribution in [-0.2, 0) is 4.74 Å². The predicted molar refractivity (Wildman–Crippen MR) is 43.5 cm³/mol. The highest BCUT2D eigenvalue weighted by atomic mass is 16.6. The monoisotopic (exact) mass is 171 g/mol. The maximum atomic E-state index is 11.1. The van der Waals surface area contributed by atoms with Gasteiger partial charge in [0.05, 0.1) is 11.9 Å². The van der Waals surface area contributed by atoms with Gasteiger partial charge in [-0.05, 0) is 13.3 Å². The number of carbonyl (C=O) groups is 1. The van der Waals surface area contributed by atoms with Crippen LogP contribution in [0.25, 0.3) is 0 Å². The summed E-state index contributed by atoms with van der Waals surface area (Å²) in [4.78, 5) is 12.6. The SMILES string of the molecule is C=C(C)OC(=O)N1CCC(O)C1. The van der Waals surface area contributed by atoms with Crippen molar-refractivity contribution >= 4 is 6.09 Å². The molecule has 12 heavy (non-hydrogen) atoms. The Morgan fingerprint density at radius 1 is 1.75 bits per heavy atom. The number of aliphatic hydroxyl groups is 1. The Kier molecular flexibility index (Phi) is 2.70. The summed E-state index contributed by atoms with van der Waals surface area (Å²) in [7, 11) is 0. The highest BCUT2D eigenvalue weighted by Crippen LogP contribution is 2.10. The summed E-state index contributed by atoms with van der Waals surface area (Å²) in [5, 5.41) is 9.11. The molecule has 0 spiro atoms. The summed E-state index contributed by atoms with van der Waals surface area (Å²) in [6, 6.07) is 0. The number of hydrogen-bond acceptors (Lipinski definition) is 3. The van der Waals surface area contributed by atoms with E-state index in [1.807, 2.05) is 0 Å². The zero-order valence-corrected chi connectivity index (χ0v) is 7.12. The third-order valence-corrected chi connectivity index (χ3v) is 1.68. The Morgan fingerprint density at radius 2 is 2.42 bits per heavy atom. The van der Waals surface area contributed by atoms with Crippen LogP contribution in [0.1, 0.15) is 13.3 Å². The molecule has 0 aromatic heterocycles. The van der Waals surface area contributed by atoms with Gasteiger partial charge in [-0.3, -0.25) is 0 Å². The zero-order valence-electron chi connectivity index (χ0n) is 7.12. The van der Waals surface area contributed by atoms with Gasteiger partial charge in [0.1, 0.15) is 0 Å². The summed E-state index contributed by atoms with van der Waals surface area (Å²) in [5.41, 5.74) is 0. The third kappa shape index (κ3) is 2.23. The topological polar surface area (TPSA) is 49.8 Å². The van der Waals surface area contributed by atoms with Gasteiger partial charge in [-0.1, -0.05) is 6.58 Å². The molecule has 0 saturated carbocycles. The lowest BCUT2D eigenvalue weighted by Gasteiger charge is -2.14. The van der Waals surface area contributed by atoms with Gasteiger partial charge in [-0.15, -0.1) is 0 Å². The van der Waals surface area contributed by atoms with Gasteiger partial charge in [-0.25, -0.2) is 4.79 Å². The van der Waals surface area contributed by atoms with Crippen molar-refractivity contribution in [1.82, 2.24) is 4.90 Å². The fourth-order valence-corrected chi connectivity index (χ4v) is 1.12. The van der Waals surface area contributed by atoms with Crippen molar-refractivity contribution < 1.29 is 14.6 Å². The smallest absolute Gasteiger partial charge is 0.414 e. The third-order valence-electron chi connectivity index (χ3n) is 1.68. The lowest BCUT2D eigenvalue weighted by atomic mass is 10.3. The number of β-amino-alcohol motifs (C(OH)–C–C–N with tert-alkyl or cyclic N) is 1. The number of nitrogens with zero attached hydrogens (tertiary/aromatic N) is 1. The molecule has 0 radical (unpaired) electrons. The van der Waals surface area contributed by atoms with E-state index in [-0.39, 0.29) is 0 Å². The van der Waals surface area contributed by atoms with Gasteiger partial charge in [0.15, 0.2) is 0 Å². The maximum Gasteiger partial charge on any atom is 0.414 e. The minimum Gasteiger partial charge on any atom is -0.416 e. The van der Waals surface area contributed by atoms with Crippen LogP contribution in [0.3, 0.4) is 0 Å². The Morgan fingerprint density at radius 3 is 2.83 bits per heavy atom. The number of amides is 1. The van der Waals surface area contributed by atoms with E-state index in [4.69, 9.17) is 9.84 Å².